The number of benzene rings is 2. The molecule has 2 aromatic rings. The first-order chi connectivity index (χ1) is 13.1. The summed E-state index contributed by atoms with van der Waals surface area (Å²) in [5.41, 5.74) is 0.938. The zero-order valence-corrected chi connectivity index (χ0v) is 17.3. The third-order valence-corrected chi connectivity index (χ3v) is 5.43. The molecule has 1 amide bonds. The molecule has 0 bridgehead atoms. The molecule has 0 heterocycles. The van der Waals surface area contributed by atoms with Gasteiger partial charge in [-0.2, -0.15) is 0 Å². The number of nitrogens with one attached hydrogen (secondary N) is 2. The minimum atomic E-state index is -3.78. The van der Waals surface area contributed by atoms with Crippen LogP contribution in [0.1, 0.15) is 31.9 Å². The molecule has 2 rings (SSSR count). The first kappa shape index (κ1) is 21.7. The summed E-state index contributed by atoms with van der Waals surface area (Å²) in [5.74, 6) is -0.0284. The second kappa shape index (κ2) is 9.03. The predicted octanol–water partition coefficient (Wildman–Crippen LogP) is 3.10. The fraction of sp³-hybridized carbons (Fsp3) is 0.286. The minimum absolute atomic E-state index is 0.0248. The molecular formula is C21H26N2O4S. The van der Waals surface area contributed by atoms with E-state index in [4.69, 9.17) is 4.74 Å². The normalized spacial score (nSPS) is 12.1. The molecule has 0 aliphatic heterocycles. The van der Waals surface area contributed by atoms with E-state index in [9.17, 15) is 13.2 Å². The Hall–Kier alpha value is -2.64. The lowest BCUT2D eigenvalue weighted by Crippen LogP contribution is -2.40. The van der Waals surface area contributed by atoms with Crippen LogP contribution >= 0.6 is 0 Å². The zero-order valence-electron chi connectivity index (χ0n) is 16.5. The molecular weight excluding hydrogens is 376 g/mol. The molecule has 0 spiro atoms. The average molecular weight is 403 g/mol. The summed E-state index contributed by atoms with van der Waals surface area (Å²) < 4.78 is 33.2. The minimum Gasteiger partial charge on any atom is -0.495 e. The highest BCUT2D eigenvalue weighted by Gasteiger charge is 2.25. The molecule has 0 fully saturated rings. The number of carbonyl (C=O) groups is 1. The standard InChI is InChI=1S/C21H26N2O4S/c1-21(2,3)23-28(25,26)19-14-16(10-12-18(19)27-4)11-13-20(24)22-15-17-8-6-5-7-9-17/h5-14,23H,15H2,1-4H3,(H,22,24). The van der Waals surface area contributed by atoms with Crippen LogP contribution in [-0.2, 0) is 21.4 Å². The molecule has 0 aliphatic rings. The summed E-state index contributed by atoms with van der Waals surface area (Å²) in [7, 11) is -2.36. The molecule has 0 unspecified atom stereocenters. The van der Waals surface area contributed by atoms with Crippen molar-refractivity contribution in [2.24, 2.45) is 0 Å². The Labute approximate surface area is 166 Å². The van der Waals surface area contributed by atoms with Gasteiger partial charge in [-0.15, -0.1) is 0 Å². The SMILES string of the molecule is COc1ccc(C=CC(=O)NCc2ccccc2)cc1S(=O)(=O)NC(C)(C)C. The van der Waals surface area contributed by atoms with Crippen LogP contribution in [0.5, 0.6) is 5.75 Å². The van der Waals surface area contributed by atoms with Gasteiger partial charge >= 0.3 is 0 Å². The van der Waals surface area contributed by atoms with E-state index in [0.717, 1.165) is 5.56 Å². The Morgan fingerprint density at radius 1 is 1.11 bits per heavy atom. The fourth-order valence-corrected chi connectivity index (χ4v) is 4.10. The fourth-order valence-electron chi connectivity index (χ4n) is 2.48. The van der Waals surface area contributed by atoms with Crippen molar-refractivity contribution >= 4 is 22.0 Å². The summed E-state index contributed by atoms with van der Waals surface area (Å²) in [6, 6.07) is 14.3. The van der Waals surface area contributed by atoms with Gasteiger partial charge in [0.2, 0.25) is 15.9 Å². The number of hydrogen-bond acceptors (Lipinski definition) is 4. The van der Waals surface area contributed by atoms with E-state index in [1.807, 2.05) is 30.3 Å². The molecule has 6 nitrogen and oxygen atoms in total. The number of hydrogen-bond donors (Lipinski definition) is 2. The van der Waals surface area contributed by atoms with Crippen LogP contribution < -0.4 is 14.8 Å². The van der Waals surface area contributed by atoms with Gasteiger partial charge in [0.05, 0.1) is 7.11 Å². The Balaban J connectivity index is 2.16. The molecule has 2 aromatic carbocycles. The summed E-state index contributed by atoms with van der Waals surface area (Å²) in [6.45, 7) is 5.70. The second-order valence-corrected chi connectivity index (χ2v) is 8.95. The van der Waals surface area contributed by atoms with Crippen molar-refractivity contribution < 1.29 is 17.9 Å². The van der Waals surface area contributed by atoms with Gasteiger partial charge in [0.1, 0.15) is 10.6 Å². The lowest BCUT2D eigenvalue weighted by Gasteiger charge is -2.21. The number of rotatable bonds is 7. The third-order valence-electron chi connectivity index (χ3n) is 3.65. The van der Waals surface area contributed by atoms with Crippen LogP contribution in [-0.4, -0.2) is 27.0 Å². The van der Waals surface area contributed by atoms with E-state index in [1.165, 1.54) is 19.3 Å². The van der Waals surface area contributed by atoms with Gasteiger partial charge in [0.25, 0.3) is 0 Å². The van der Waals surface area contributed by atoms with Crippen LogP contribution in [0, 0.1) is 0 Å². The average Bonchev–Trinajstić information content (AvgIpc) is 2.63. The van der Waals surface area contributed by atoms with Crippen molar-refractivity contribution in [3.8, 4) is 5.75 Å². The van der Waals surface area contributed by atoms with Crippen LogP contribution in [0.3, 0.4) is 0 Å². The van der Waals surface area contributed by atoms with Crippen LogP contribution in [0.4, 0.5) is 0 Å². The quantitative estimate of drug-likeness (QED) is 0.697. The molecule has 0 aromatic heterocycles. The van der Waals surface area contributed by atoms with Gasteiger partial charge in [-0.05, 0) is 50.1 Å². The molecule has 0 atom stereocenters. The summed E-state index contributed by atoms with van der Waals surface area (Å²) >= 11 is 0. The van der Waals surface area contributed by atoms with Crippen LogP contribution in [0.25, 0.3) is 6.08 Å². The summed E-state index contributed by atoms with van der Waals surface area (Å²) in [5, 5.41) is 2.79. The molecule has 2 N–H and O–H groups in total. The number of ether oxygens (including phenoxy) is 1. The Morgan fingerprint density at radius 3 is 2.39 bits per heavy atom. The molecule has 0 saturated heterocycles. The van der Waals surface area contributed by atoms with Crippen molar-refractivity contribution in [2.75, 3.05) is 7.11 Å². The highest BCUT2D eigenvalue weighted by Crippen LogP contribution is 2.26. The van der Waals surface area contributed by atoms with Crippen molar-refractivity contribution in [2.45, 2.75) is 37.8 Å². The van der Waals surface area contributed by atoms with E-state index in [0.29, 0.717) is 12.1 Å². The van der Waals surface area contributed by atoms with Crippen LogP contribution in [0.2, 0.25) is 0 Å². The van der Waals surface area contributed by atoms with Crippen molar-refractivity contribution in [3.63, 3.8) is 0 Å². The number of amides is 1. The van der Waals surface area contributed by atoms with Gasteiger partial charge in [0, 0.05) is 18.2 Å². The second-order valence-electron chi connectivity index (χ2n) is 7.30. The Bertz CT molecular complexity index is 946. The van der Waals surface area contributed by atoms with E-state index in [2.05, 4.69) is 10.0 Å². The van der Waals surface area contributed by atoms with Crippen LogP contribution in [0.15, 0.2) is 59.5 Å². The molecule has 7 heteroatoms. The van der Waals surface area contributed by atoms with E-state index >= 15 is 0 Å². The lowest BCUT2D eigenvalue weighted by molar-refractivity contribution is -0.116. The summed E-state index contributed by atoms with van der Waals surface area (Å²) in [6.07, 6.45) is 2.94. The van der Waals surface area contributed by atoms with Crippen molar-refractivity contribution in [1.29, 1.82) is 0 Å². The maximum absolute atomic E-state index is 12.7. The maximum atomic E-state index is 12.7. The number of sulfonamides is 1. The van der Waals surface area contributed by atoms with Gasteiger partial charge in [-0.25, -0.2) is 13.1 Å². The van der Waals surface area contributed by atoms with E-state index in [1.54, 1.807) is 39.0 Å². The largest absolute Gasteiger partial charge is 0.495 e. The van der Waals surface area contributed by atoms with Gasteiger partial charge in [0.15, 0.2) is 0 Å². The first-order valence-corrected chi connectivity index (χ1v) is 10.3. The highest BCUT2D eigenvalue weighted by atomic mass is 32.2. The predicted molar refractivity (Wildman–Crippen MR) is 110 cm³/mol. The Kier molecular flexibility index (Phi) is 6.99. The molecule has 150 valence electrons. The van der Waals surface area contributed by atoms with E-state index in [-0.39, 0.29) is 16.6 Å². The monoisotopic (exact) mass is 402 g/mol. The lowest BCUT2D eigenvalue weighted by atomic mass is 10.1. The topological polar surface area (TPSA) is 84.5 Å². The molecule has 28 heavy (non-hydrogen) atoms. The molecule has 0 saturated carbocycles. The highest BCUT2D eigenvalue weighted by molar-refractivity contribution is 7.89. The first-order valence-electron chi connectivity index (χ1n) is 8.82. The van der Waals surface area contributed by atoms with Crippen molar-refractivity contribution in [3.05, 3.63) is 65.7 Å². The van der Waals surface area contributed by atoms with Gasteiger partial charge in [-0.1, -0.05) is 36.4 Å². The number of carbonyl (C=O) groups excluding carboxylic acids is 1. The maximum Gasteiger partial charge on any atom is 0.244 e. The van der Waals surface area contributed by atoms with Gasteiger partial charge < -0.3 is 10.1 Å². The van der Waals surface area contributed by atoms with Gasteiger partial charge in [-0.3, -0.25) is 4.79 Å². The smallest absolute Gasteiger partial charge is 0.244 e. The zero-order chi connectivity index (χ0) is 20.8. The van der Waals surface area contributed by atoms with E-state index < -0.39 is 15.6 Å². The third kappa shape index (κ3) is 6.51. The number of methoxy groups -OCH3 is 1. The summed E-state index contributed by atoms with van der Waals surface area (Å²) in [4.78, 5) is 12.1. The Morgan fingerprint density at radius 2 is 1.79 bits per heavy atom. The molecule has 0 radical (unpaired) electrons. The van der Waals surface area contributed by atoms with Crippen molar-refractivity contribution in [1.82, 2.24) is 10.0 Å². The molecule has 0 aliphatic carbocycles.